The molecule has 0 aliphatic carbocycles. The highest BCUT2D eigenvalue weighted by Gasteiger charge is 2.23. The fourth-order valence-corrected chi connectivity index (χ4v) is 2.73. The van der Waals surface area contributed by atoms with E-state index in [0.717, 1.165) is 15.9 Å². The lowest BCUT2D eigenvalue weighted by molar-refractivity contribution is -0.907. The van der Waals surface area contributed by atoms with Gasteiger partial charge in [0, 0.05) is 10.0 Å². The van der Waals surface area contributed by atoms with E-state index in [0.29, 0.717) is 11.4 Å². The molecule has 0 radical (unpaired) electrons. The summed E-state index contributed by atoms with van der Waals surface area (Å²) in [5.41, 5.74) is 1.88. The van der Waals surface area contributed by atoms with Crippen LogP contribution in [0.3, 0.4) is 0 Å². The second kappa shape index (κ2) is 8.13. The number of nitrogens with one attached hydrogen (secondary N) is 2. The van der Waals surface area contributed by atoms with Crippen LogP contribution in [0.4, 0.5) is 5.69 Å². The molecule has 4 nitrogen and oxygen atoms in total. The van der Waals surface area contributed by atoms with Gasteiger partial charge in [-0.2, -0.15) is 0 Å². The van der Waals surface area contributed by atoms with Crippen molar-refractivity contribution in [2.45, 2.75) is 19.5 Å². The first-order valence-corrected chi connectivity index (χ1v) is 8.31. The minimum Gasteiger partial charge on any atom is -0.495 e. The van der Waals surface area contributed by atoms with Gasteiger partial charge in [-0.05, 0) is 25.1 Å². The first-order valence-electron chi connectivity index (χ1n) is 7.52. The third-order valence-electron chi connectivity index (χ3n) is 3.92. The number of halogens is 1. The van der Waals surface area contributed by atoms with Crippen LogP contribution >= 0.6 is 15.9 Å². The first-order chi connectivity index (χ1) is 11.0. The molecule has 2 N–H and O–H groups in total. The second-order valence-corrected chi connectivity index (χ2v) is 6.38. The molecule has 5 heteroatoms. The molecule has 2 aromatic carbocycles. The predicted molar refractivity (Wildman–Crippen MR) is 95.8 cm³/mol. The average Bonchev–Trinajstić information content (AvgIpc) is 2.56. The van der Waals surface area contributed by atoms with E-state index in [4.69, 9.17) is 4.74 Å². The highest BCUT2D eigenvalue weighted by molar-refractivity contribution is 9.10. The van der Waals surface area contributed by atoms with Gasteiger partial charge in [0.15, 0.2) is 6.04 Å². The molecule has 0 heterocycles. The zero-order valence-electron chi connectivity index (χ0n) is 13.6. The number of para-hydroxylation sites is 2. The topological polar surface area (TPSA) is 42.8 Å². The highest BCUT2D eigenvalue weighted by Crippen LogP contribution is 2.23. The van der Waals surface area contributed by atoms with Gasteiger partial charge in [-0.3, -0.25) is 4.79 Å². The van der Waals surface area contributed by atoms with Crippen LogP contribution in [-0.4, -0.2) is 26.1 Å². The molecule has 2 atom stereocenters. The number of ether oxygens (including phenoxy) is 1. The van der Waals surface area contributed by atoms with Crippen molar-refractivity contribution in [3.63, 3.8) is 0 Å². The summed E-state index contributed by atoms with van der Waals surface area (Å²) in [6, 6.07) is 15.3. The van der Waals surface area contributed by atoms with Crippen LogP contribution in [0, 0.1) is 0 Å². The van der Waals surface area contributed by atoms with Crippen LogP contribution in [0.25, 0.3) is 0 Å². The monoisotopic (exact) mass is 377 g/mol. The van der Waals surface area contributed by atoms with Gasteiger partial charge >= 0.3 is 0 Å². The van der Waals surface area contributed by atoms with Crippen molar-refractivity contribution in [2.24, 2.45) is 0 Å². The van der Waals surface area contributed by atoms with Gasteiger partial charge in [-0.15, -0.1) is 0 Å². The Morgan fingerprint density at radius 1 is 1.22 bits per heavy atom. The summed E-state index contributed by atoms with van der Waals surface area (Å²) in [7, 11) is 3.62. The molecule has 0 saturated heterocycles. The van der Waals surface area contributed by atoms with Gasteiger partial charge in [0.05, 0.1) is 19.8 Å². The molecular weight excluding hydrogens is 356 g/mol. The van der Waals surface area contributed by atoms with Crippen molar-refractivity contribution < 1.29 is 14.4 Å². The van der Waals surface area contributed by atoms with E-state index in [9.17, 15) is 4.79 Å². The number of benzene rings is 2. The lowest BCUT2D eigenvalue weighted by Gasteiger charge is -2.22. The molecule has 1 amide bonds. The third kappa shape index (κ3) is 4.56. The summed E-state index contributed by atoms with van der Waals surface area (Å²) in [5.74, 6) is 0.635. The predicted octanol–water partition coefficient (Wildman–Crippen LogP) is 2.50. The molecule has 0 spiro atoms. The summed E-state index contributed by atoms with van der Waals surface area (Å²) in [5, 5.41) is 2.95. The van der Waals surface area contributed by atoms with Crippen LogP contribution in [-0.2, 0) is 11.3 Å². The minimum absolute atomic E-state index is 0.0287. The maximum atomic E-state index is 12.5. The van der Waals surface area contributed by atoms with Crippen LogP contribution in [0.1, 0.15) is 12.5 Å². The van der Waals surface area contributed by atoms with Crippen LogP contribution in [0.5, 0.6) is 5.75 Å². The third-order valence-corrected chi connectivity index (χ3v) is 4.70. The largest absolute Gasteiger partial charge is 0.495 e. The van der Waals surface area contributed by atoms with Crippen LogP contribution < -0.4 is 15.0 Å². The summed E-state index contributed by atoms with van der Waals surface area (Å²) >= 11 is 3.55. The Morgan fingerprint density at radius 2 is 1.87 bits per heavy atom. The van der Waals surface area contributed by atoms with Gasteiger partial charge in [-0.1, -0.05) is 46.3 Å². The van der Waals surface area contributed by atoms with Crippen molar-refractivity contribution >= 4 is 27.5 Å². The molecule has 2 aromatic rings. The second-order valence-electron chi connectivity index (χ2n) is 5.53. The number of hydrogen-bond acceptors (Lipinski definition) is 2. The van der Waals surface area contributed by atoms with Crippen LogP contribution in [0.2, 0.25) is 0 Å². The number of hydrogen-bond donors (Lipinski definition) is 2. The van der Waals surface area contributed by atoms with Gasteiger partial charge in [0.1, 0.15) is 12.3 Å². The SMILES string of the molecule is COc1ccccc1NC(=O)[C@@H](C)[NH+](C)Cc1ccccc1Br. The lowest BCUT2D eigenvalue weighted by Crippen LogP contribution is -3.12. The quantitative estimate of drug-likeness (QED) is 0.811. The Morgan fingerprint density at radius 3 is 2.57 bits per heavy atom. The number of carbonyl (C=O) groups excluding carboxylic acids is 1. The summed E-state index contributed by atoms with van der Waals surface area (Å²) in [6.45, 7) is 2.69. The van der Waals surface area contributed by atoms with E-state index in [1.54, 1.807) is 7.11 Å². The number of amides is 1. The molecule has 2 rings (SSSR count). The van der Waals surface area contributed by atoms with Crippen molar-refractivity contribution in [1.29, 1.82) is 0 Å². The summed E-state index contributed by atoms with van der Waals surface area (Å²) in [4.78, 5) is 13.6. The molecule has 23 heavy (non-hydrogen) atoms. The van der Waals surface area contributed by atoms with E-state index in [1.165, 1.54) is 5.56 Å². The minimum atomic E-state index is -0.188. The normalized spacial score (nSPS) is 13.2. The van der Waals surface area contributed by atoms with Crippen LogP contribution in [0.15, 0.2) is 53.0 Å². The summed E-state index contributed by atoms with van der Waals surface area (Å²) < 4.78 is 6.34. The molecule has 0 aliphatic rings. The Balaban J connectivity index is 2.03. The Bertz CT molecular complexity index is 676. The number of anilines is 1. The van der Waals surface area contributed by atoms with Crippen molar-refractivity contribution in [3.05, 3.63) is 58.6 Å². The lowest BCUT2D eigenvalue weighted by atomic mass is 10.2. The Labute approximate surface area is 145 Å². The Kier molecular flexibility index (Phi) is 6.19. The van der Waals surface area contributed by atoms with E-state index < -0.39 is 0 Å². The van der Waals surface area contributed by atoms with E-state index >= 15 is 0 Å². The van der Waals surface area contributed by atoms with Gasteiger partial charge in [0.25, 0.3) is 5.91 Å². The fourth-order valence-electron chi connectivity index (χ4n) is 2.31. The smallest absolute Gasteiger partial charge is 0.282 e. The summed E-state index contributed by atoms with van der Waals surface area (Å²) in [6.07, 6.45) is 0. The molecule has 0 aliphatic heterocycles. The van der Waals surface area contributed by atoms with Crippen molar-refractivity contribution in [3.8, 4) is 5.75 Å². The average molecular weight is 378 g/mol. The zero-order chi connectivity index (χ0) is 16.8. The number of likely N-dealkylation sites (N-methyl/N-ethyl adjacent to an activating group) is 1. The molecule has 0 fully saturated rings. The maximum absolute atomic E-state index is 12.5. The van der Waals surface area contributed by atoms with E-state index in [1.807, 2.05) is 56.4 Å². The first kappa shape index (κ1) is 17.5. The fraction of sp³-hybridized carbons (Fsp3) is 0.278. The van der Waals surface area contributed by atoms with Gasteiger partial charge < -0.3 is 15.0 Å². The standard InChI is InChI=1S/C18H21BrN2O2/c1-13(21(2)12-14-8-4-5-9-15(14)19)18(22)20-16-10-6-7-11-17(16)23-3/h4-11,13H,12H2,1-3H3,(H,20,22)/p+1/t13-/m1/s1. The number of rotatable bonds is 6. The highest BCUT2D eigenvalue weighted by atomic mass is 79.9. The maximum Gasteiger partial charge on any atom is 0.282 e. The Hall–Kier alpha value is -1.85. The van der Waals surface area contributed by atoms with E-state index in [2.05, 4.69) is 27.3 Å². The molecule has 1 unspecified atom stereocenters. The number of quaternary nitrogens is 1. The molecule has 0 saturated carbocycles. The zero-order valence-corrected chi connectivity index (χ0v) is 15.2. The number of methoxy groups -OCH3 is 1. The molecule has 0 bridgehead atoms. The van der Waals surface area contributed by atoms with Crippen molar-refractivity contribution in [2.75, 3.05) is 19.5 Å². The van der Waals surface area contributed by atoms with Gasteiger partial charge in [-0.25, -0.2) is 0 Å². The molecular formula is C18H22BrN2O2+. The molecule has 0 aromatic heterocycles. The number of carbonyl (C=O) groups is 1. The van der Waals surface area contributed by atoms with Crippen molar-refractivity contribution in [1.82, 2.24) is 0 Å². The molecule has 122 valence electrons. The van der Waals surface area contributed by atoms with E-state index in [-0.39, 0.29) is 11.9 Å². The van der Waals surface area contributed by atoms with Gasteiger partial charge in [0.2, 0.25) is 0 Å².